The maximum Gasteiger partial charge on any atom is 0.315 e. The zero-order valence-electron chi connectivity index (χ0n) is 13.7. The zero-order valence-corrected chi connectivity index (χ0v) is 13.7. The van der Waals surface area contributed by atoms with Crippen LogP contribution >= 0.6 is 0 Å². The molecule has 1 aromatic heterocycles. The topological polar surface area (TPSA) is 63.0 Å². The van der Waals surface area contributed by atoms with Gasteiger partial charge in [-0.2, -0.15) is 0 Å². The largest absolute Gasteiger partial charge is 0.406 e. The second kappa shape index (κ2) is 8.37. The van der Waals surface area contributed by atoms with Crippen molar-refractivity contribution >= 4 is 6.01 Å². The van der Waals surface area contributed by atoms with Crippen LogP contribution in [-0.4, -0.2) is 22.8 Å². The highest BCUT2D eigenvalue weighted by Crippen LogP contribution is 2.29. The minimum absolute atomic E-state index is 0.114. The van der Waals surface area contributed by atoms with E-state index < -0.39 is 0 Å². The quantitative estimate of drug-likeness (QED) is 0.761. The highest BCUT2D eigenvalue weighted by molar-refractivity contribution is 5.20. The van der Waals surface area contributed by atoms with Gasteiger partial charge in [-0.25, -0.2) is 0 Å². The van der Waals surface area contributed by atoms with E-state index in [4.69, 9.17) is 4.42 Å². The summed E-state index contributed by atoms with van der Waals surface area (Å²) in [7, 11) is 0. The van der Waals surface area contributed by atoms with Gasteiger partial charge in [-0.15, -0.1) is 5.10 Å². The molecule has 0 amide bonds. The van der Waals surface area contributed by atoms with Gasteiger partial charge >= 0.3 is 6.01 Å². The molecule has 2 rings (SSSR count). The molecule has 1 aliphatic carbocycles. The van der Waals surface area contributed by atoms with Crippen LogP contribution in [0.25, 0.3) is 0 Å². The minimum Gasteiger partial charge on any atom is -0.406 e. The molecule has 0 spiro atoms. The normalized spacial score (nSPS) is 19.4. The lowest BCUT2D eigenvalue weighted by molar-refractivity contribution is 0.308. The van der Waals surface area contributed by atoms with Crippen molar-refractivity contribution in [2.75, 3.05) is 11.9 Å². The van der Waals surface area contributed by atoms with Gasteiger partial charge in [0.05, 0.1) is 6.04 Å². The second-order valence-corrected chi connectivity index (χ2v) is 6.18. The first-order valence-corrected chi connectivity index (χ1v) is 8.57. The van der Waals surface area contributed by atoms with Gasteiger partial charge in [-0.1, -0.05) is 38.2 Å². The second-order valence-electron chi connectivity index (χ2n) is 6.18. The molecule has 0 saturated heterocycles. The van der Waals surface area contributed by atoms with Crippen molar-refractivity contribution in [3.63, 3.8) is 0 Å². The molecule has 0 radical (unpaired) electrons. The summed E-state index contributed by atoms with van der Waals surface area (Å²) in [6.07, 6.45) is 8.95. The number of hydrogen-bond acceptors (Lipinski definition) is 5. The molecule has 5 nitrogen and oxygen atoms in total. The van der Waals surface area contributed by atoms with Gasteiger partial charge in [0.15, 0.2) is 0 Å². The Labute approximate surface area is 128 Å². The van der Waals surface area contributed by atoms with Crippen LogP contribution < -0.4 is 10.6 Å². The first-order chi connectivity index (χ1) is 10.2. The Balaban J connectivity index is 1.90. The molecule has 1 aliphatic rings. The summed E-state index contributed by atoms with van der Waals surface area (Å²) in [5, 5.41) is 15.2. The van der Waals surface area contributed by atoms with Crippen molar-refractivity contribution in [2.24, 2.45) is 5.92 Å². The first-order valence-electron chi connectivity index (χ1n) is 8.57. The summed E-state index contributed by atoms with van der Waals surface area (Å²) in [6.45, 7) is 7.41. The fraction of sp³-hybridized carbons (Fsp3) is 0.875. The Morgan fingerprint density at radius 3 is 2.62 bits per heavy atom. The van der Waals surface area contributed by atoms with Gasteiger partial charge in [0.25, 0.3) is 0 Å². The van der Waals surface area contributed by atoms with E-state index in [-0.39, 0.29) is 6.04 Å². The van der Waals surface area contributed by atoms with Crippen molar-refractivity contribution in [1.82, 2.24) is 15.5 Å². The predicted molar refractivity (Wildman–Crippen MR) is 85.3 cm³/mol. The molecular formula is C16H30N4O. The third-order valence-corrected chi connectivity index (χ3v) is 4.48. The van der Waals surface area contributed by atoms with Gasteiger partial charge in [0, 0.05) is 6.04 Å². The molecule has 120 valence electrons. The first kappa shape index (κ1) is 16.3. The van der Waals surface area contributed by atoms with Gasteiger partial charge in [0.1, 0.15) is 0 Å². The Kier molecular flexibility index (Phi) is 6.49. The number of nitrogens with one attached hydrogen (secondary N) is 2. The maximum absolute atomic E-state index is 5.77. The van der Waals surface area contributed by atoms with Gasteiger partial charge in [-0.05, 0) is 45.1 Å². The Morgan fingerprint density at radius 1 is 1.19 bits per heavy atom. The van der Waals surface area contributed by atoms with E-state index in [1.54, 1.807) is 0 Å². The van der Waals surface area contributed by atoms with Crippen molar-refractivity contribution in [3.05, 3.63) is 5.89 Å². The van der Waals surface area contributed by atoms with Crippen LogP contribution in [-0.2, 0) is 0 Å². The fourth-order valence-corrected chi connectivity index (χ4v) is 3.16. The molecule has 5 heteroatoms. The van der Waals surface area contributed by atoms with E-state index in [1.807, 2.05) is 0 Å². The summed E-state index contributed by atoms with van der Waals surface area (Å²) in [6, 6.07) is 1.15. The summed E-state index contributed by atoms with van der Waals surface area (Å²) < 4.78 is 5.77. The highest BCUT2D eigenvalue weighted by atomic mass is 16.4. The van der Waals surface area contributed by atoms with Gasteiger partial charge in [-0.3, -0.25) is 0 Å². The number of aromatic nitrogens is 2. The van der Waals surface area contributed by atoms with Crippen LogP contribution in [0.4, 0.5) is 6.01 Å². The van der Waals surface area contributed by atoms with Crippen LogP contribution in [0.1, 0.15) is 77.6 Å². The highest BCUT2D eigenvalue weighted by Gasteiger charge is 2.24. The average Bonchev–Trinajstić information content (AvgIpc) is 3.00. The van der Waals surface area contributed by atoms with Crippen molar-refractivity contribution in [2.45, 2.75) is 77.8 Å². The van der Waals surface area contributed by atoms with E-state index in [0.717, 1.165) is 25.3 Å². The van der Waals surface area contributed by atoms with Crippen molar-refractivity contribution < 1.29 is 4.42 Å². The van der Waals surface area contributed by atoms with E-state index >= 15 is 0 Å². The van der Waals surface area contributed by atoms with E-state index in [0.29, 0.717) is 17.9 Å². The van der Waals surface area contributed by atoms with Gasteiger partial charge in [0.2, 0.25) is 5.89 Å². The molecule has 0 bridgehead atoms. The van der Waals surface area contributed by atoms with Crippen LogP contribution in [0.5, 0.6) is 0 Å². The molecule has 2 N–H and O–H groups in total. The number of hydrogen-bond donors (Lipinski definition) is 2. The Morgan fingerprint density at radius 2 is 1.95 bits per heavy atom. The molecular weight excluding hydrogens is 264 g/mol. The summed E-state index contributed by atoms with van der Waals surface area (Å²) in [5.41, 5.74) is 0. The van der Waals surface area contributed by atoms with Gasteiger partial charge < -0.3 is 15.1 Å². The standard InChI is InChI=1S/C16H30N4O/c1-4-11-17-12(3)15-19-20-16(21-15)18-14(5-2)13-9-7-6-8-10-13/h12-14,17H,4-11H2,1-3H3,(H,18,20). The van der Waals surface area contributed by atoms with Crippen LogP contribution in [0.2, 0.25) is 0 Å². The smallest absolute Gasteiger partial charge is 0.315 e. The molecule has 0 aromatic carbocycles. The zero-order chi connectivity index (χ0) is 15.1. The predicted octanol–water partition coefficient (Wildman–Crippen LogP) is 3.90. The Hall–Kier alpha value is -1.10. The summed E-state index contributed by atoms with van der Waals surface area (Å²) in [4.78, 5) is 0. The lowest BCUT2D eigenvalue weighted by atomic mass is 9.83. The lowest BCUT2D eigenvalue weighted by Gasteiger charge is -2.29. The van der Waals surface area contributed by atoms with E-state index in [1.165, 1.54) is 32.1 Å². The van der Waals surface area contributed by atoms with E-state index in [2.05, 4.69) is 41.6 Å². The summed E-state index contributed by atoms with van der Waals surface area (Å²) in [5.74, 6) is 1.42. The molecule has 1 fully saturated rings. The molecule has 1 heterocycles. The maximum atomic E-state index is 5.77. The van der Waals surface area contributed by atoms with Crippen LogP contribution in [0.15, 0.2) is 4.42 Å². The number of rotatable bonds is 8. The van der Waals surface area contributed by atoms with Crippen LogP contribution in [0, 0.1) is 5.92 Å². The Bertz CT molecular complexity index is 401. The van der Waals surface area contributed by atoms with Crippen molar-refractivity contribution in [1.29, 1.82) is 0 Å². The third-order valence-electron chi connectivity index (χ3n) is 4.48. The molecule has 1 aromatic rings. The lowest BCUT2D eigenvalue weighted by Crippen LogP contribution is -2.30. The number of anilines is 1. The molecule has 1 saturated carbocycles. The molecule has 2 atom stereocenters. The molecule has 2 unspecified atom stereocenters. The van der Waals surface area contributed by atoms with Crippen molar-refractivity contribution in [3.8, 4) is 0 Å². The molecule has 0 aliphatic heterocycles. The summed E-state index contributed by atoms with van der Waals surface area (Å²) >= 11 is 0. The fourth-order valence-electron chi connectivity index (χ4n) is 3.16. The SMILES string of the molecule is CCCNC(C)c1nnc(NC(CC)C2CCCCC2)o1. The molecule has 21 heavy (non-hydrogen) atoms. The van der Waals surface area contributed by atoms with Crippen LogP contribution in [0.3, 0.4) is 0 Å². The monoisotopic (exact) mass is 294 g/mol. The third kappa shape index (κ3) is 4.70. The van der Waals surface area contributed by atoms with E-state index in [9.17, 15) is 0 Å². The number of nitrogens with zero attached hydrogens (tertiary/aromatic N) is 2. The average molecular weight is 294 g/mol. The minimum atomic E-state index is 0.114.